The normalized spacial score (nSPS) is 11.4. The molecule has 0 amide bonds. The Kier molecular flexibility index (Phi) is 3.87. The van der Waals surface area contributed by atoms with Crippen LogP contribution in [0.1, 0.15) is 5.56 Å². The fourth-order valence-corrected chi connectivity index (χ4v) is 2.70. The third kappa shape index (κ3) is 3.75. The van der Waals surface area contributed by atoms with E-state index >= 15 is 0 Å². The second-order valence-electron chi connectivity index (χ2n) is 5.24. The molecule has 6 nitrogen and oxygen atoms in total. The second-order valence-corrected chi connectivity index (χ2v) is 6.99. The van der Waals surface area contributed by atoms with Crippen molar-refractivity contribution in [2.45, 2.75) is 6.92 Å². The van der Waals surface area contributed by atoms with Gasteiger partial charge in [0.1, 0.15) is 0 Å². The Labute approximate surface area is 134 Å². The summed E-state index contributed by atoms with van der Waals surface area (Å²) in [4.78, 5) is 4.38. The molecule has 0 unspecified atom stereocenters. The first-order valence-electron chi connectivity index (χ1n) is 6.90. The number of aromatic nitrogens is 2. The van der Waals surface area contributed by atoms with Crippen LogP contribution in [0.25, 0.3) is 22.8 Å². The Hall–Kier alpha value is -2.67. The van der Waals surface area contributed by atoms with Gasteiger partial charge in [-0.15, -0.1) is 0 Å². The van der Waals surface area contributed by atoms with Crippen molar-refractivity contribution in [1.29, 1.82) is 0 Å². The van der Waals surface area contributed by atoms with Gasteiger partial charge in [-0.05, 0) is 43.3 Å². The third-order valence-corrected chi connectivity index (χ3v) is 3.74. The number of sulfonamides is 1. The van der Waals surface area contributed by atoms with E-state index in [-0.39, 0.29) is 0 Å². The average molecular weight is 329 g/mol. The number of nitrogens with one attached hydrogen (secondary N) is 1. The van der Waals surface area contributed by atoms with Crippen LogP contribution in [-0.4, -0.2) is 24.8 Å². The molecule has 0 spiro atoms. The van der Waals surface area contributed by atoms with Crippen molar-refractivity contribution in [3.8, 4) is 22.8 Å². The summed E-state index contributed by atoms with van der Waals surface area (Å²) in [6.45, 7) is 1.99. The molecule has 7 heteroatoms. The Morgan fingerprint density at radius 2 is 1.78 bits per heavy atom. The maximum atomic E-state index is 11.2. The monoisotopic (exact) mass is 329 g/mol. The van der Waals surface area contributed by atoms with Gasteiger partial charge in [0.25, 0.3) is 5.89 Å². The predicted octanol–water partition coefficient (Wildman–Crippen LogP) is 3.08. The molecule has 0 fully saturated rings. The second kappa shape index (κ2) is 5.85. The van der Waals surface area contributed by atoms with Gasteiger partial charge in [0, 0.05) is 16.8 Å². The van der Waals surface area contributed by atoms with Crippen molar-refractivity contribution in [2.75, 3.05) is 11.0 Å². The first-order valence-corrected chi connectivity index (χ1v) is 8.79. The van der Waals surface area contributed by atoms with Crippen LogP contribution in [0.4, 0.5) is 5.69 Å². The summed E-state index contributed by atoms with van der Waals surface area (Å²) in [6.07, 6.45) is 1.11. The molecule has 0 bridgehead atoms. The summed E-state index contributed by atoms with van der Waals surface area (Å²) >= 11 is 0. The van der Waals surface area contributed by atoms with Crippen LogP contribution in [0, 0.1) is 6.92 Å². The van der Waals surface area contributed by atoms with Gasteiger partial charge in [-0.3, -0.25) is 4.72 Å². The van der Waals surface area contributed by atoms with E-state index in [9.17, 15) is 8.42 Å². The molecular weight excluding hydrogens is 314 g/mol. The van der Waals surface area contributed by atoms with Gasteiger partial charge in [0.05, 0.1) is 6.26 Å². The van der Waals surface area contributed by atoms with E-state index < -0.39 is 10.0 Å². The average Bonchev–Trinajstić information content (AvgIpc) is 2.96. The number of hydrogen-bond acceptors (Lipinski definition) is 5. The maximum absolute atomic E-state index is 11.2. The summed E-state index contributed by atoms with van der Waals surface area (Å²) in [6, 6.07) is 14.6. The van der Waals surface area contributed by atoms with Crippen LogP contribution in [0.15, 0.2) is 53.1 Å². The first kappa shape index (κ1) is 15.2. The molecule has 0 aliphatic heterocycles. The SMILES string of the molecule is Cc1cccc(-c2nc(-c3ccc(NS(C)(=O)=O)cc3)no2)c1. The lowest BCUT2D eigenvalue weighted by atomic mass is 10.1. The number of anilines is 1. The molecule has 3 rings (SSSR count). The third-order valence-electron chi connectivity index (χ3n) is 3.14. The molecular formula is C16H15N3O3S. The van der Waals surface area contributed by atoms with E-state index in [2.05, 4.69) is 14.9 Å². The Morgan fingerprint density at radius 3 is 2.43 bits per heavy atom. The number of hydrogen-bond donors (Lipinski definition) is 1. The van der Waals surface area contributed by atoms with E-state index in [1.165, 1.54) is 0 Å². The topological polar surface area (TPSA) is 85.1 Å². The van der Waals surface area contributed by atoms with Crippen molar-refractivity contribution in [3.63, 3.8) is 0 Å². The highest BCUT2D eigenvalue weighted by Crippen LogP contribution is 2.24. The predicted molar refractivity (Wildman–Crippen MR) is 88.4 cm³/mol. The van der Waals surface area contributed by atoms with Crippen LogP contribution in [0.2, 0.25) is 0 Å². The number of benzene rings is 2. The summed E-state index contributed by atoms with van der Waals surface area (Å²) in [5.41, 5.74) is 3.20. The molecule has 0 radical (unpaired) electrons. The highest BCUT2D eigenvalue weighted by Gasteiger charge is 2.11. The van der Waals surface area contributed by atoms with Gasteiger partial charge in [-0.25, -0.2) is 8.42 Å². The van der Waals surface area contributed by atoms with E-state index in [0.717, 1.165) is 22.9 Å². The molecule has 0 atom stereocenters. The zero-order valence-corrected chi connectivity index (χ0v) is 13.5. The minimum absolute atomic E-state index is 0.446. The molecule has 1 aromatic heterocycles. The maximum Gasteiger partial charge on any atom is 0.258 e. The zero-order chi connectivity index (χ0) is 16.4. The fourth-order valence-electron chi connectivity index (χ4n) is 2.14. The van der Waals surface area contributed by atoms with Crippen LogP contribution >= 0.6 is 0 Å². The molecule has 23 heavy (non-hydrogen) atoms. The summed E-state index contributed by atoms with van der Waals surface area (Å²) in [7, 11) is -3.29. The molecule has 0 aliphatic carbocycles. The first-order chi connectivity index (χ1) is 10.9. The quantitative estimate of drug-likeness (QED) is 0.795. The smallest absolute Gasteiger partial charge is 0.258 e. The summed E-state index contributed by atoms with van der Waals surface area (Å²) in [5.74, 6) is 0.898. The lowest BCUT2D eigenvalue weighted by molar-refractivity contribution is 0.432. The molecule has 2 aromatic carbocycles. The molecule has 118 valence electrons. The lowest BCUT2D eigenvalue weighted by Crippen LogP contribution is -2.09. The van der Waals surface area contributed by atoms with Gasteiger partial charge in [0.15, 0.2) is 0 Å². The van der Waals surface area contributed by atoms with Crippen LogP contribution < -0.4 is 4.72 Å². The van der Waals surface area contributed by atoms with Gasteiger partial charge < -0.3 is 4.52 Å². The van der Waals surface area contributed by atoms with E-state index in [1.54, 1.807) is 24.3 Å². The van der Waals surface area contributed by atoms with Crippen molar-refractivity contribution < 1.29 is 12.9 Å². The van der Waals surface area contributed by atoms with Gasteiger partial charge in [-0.2, -0.15) is 4.98 Å². The number of nitrogens with zero attached hydrogens (tertiary/aromatic N) is 2. The standard InChI is InChI=1S/C16H15N3O3S/c1-11-4-3-5-13(10-11)16-17-15(18-22-16)12-6-8-14(9-7-12)19-23(2,20)21/h3-10,19H,1-2H3. The van der Waals surface area contributed by atoms with E-state index in [4.69, 9.17) is 4.52 Å². The minimum atomic E-state index is -3.29. The van der Waals surface area contributed by atoms with Gasteiger partial charge in [-0.1, -0.05) is 22.9 Å². The molecule has 1 N–H and O–H groups in total. The molecule has 1 heterocycles. The van der Waals surface area contributed by atoms with E-state index in [0.29, 0.717) is 17.4 Å². The molecule has 3 aromatic rings. The highest BCUT2D eigenvalue weighted by molar-refractivity contribution is 7.92. The molecule has 0 saturated carbocycles. The van der Waals surface area contributed by atoms with Crippen LogP contribution in [-0.2, 0) is 10.0 Å². The summed E-state index contributed by atoms with van der Waals surface area (Å²) in [5, 5.41) is 3.97. The van der Waals surface area contributed by atoms with Crippen molar-refractivity contribution in [1.82, 2.24) is 10.1 Å². The van der Waals surface area contributed by atoms with E-state index in [1.807, 2.05) is 31.2 Å². The van der Waals surface area contributed by atoms with Crippen molar-refractivity contribution in [3.05, 3.63) is 54.1 Å². The Bertz CT molecular complexity index is 931. The van der Waals surface area contributed by atoms with Crippen LogP contribution in [0.3, 0.4) is 0 Å². The fraction of sp³-hybridized carbons (Fsp3) is 0.125. The Morgan fingerprint density at radius 1 is 1.04 bits per heavy atom. The van der Waals surface area contributed by atoms with Gasteiger partial charge in [0.2, 0.25) is 15.8 Å². The highest BCUT2D eigenvalue weighted by atomic mass is 32.2. The summed E-state index contributed by atoms with van der Waals surface area (Å²) < 4.78 is 30.1. The zero-order valence-electron chi connectivity index (χ0n) is 12.6. The largest absolute Gasteiger partial charge is 0.334 e. The number of aryl methyl sites for hydroxylation is 1. The van der Waals surface area contributed by atoms with Crippen molar-refractivity contribution >= 4 is 15.7 Å². The van der Waals surface area contributed by atoms with Crippen LogP contribution in [0.5, 0.6) is 0 Å². The van der Waals surface area contributed by atoms with Crippen molar-refractivity contribution in [2.24, 2.45) is 0 Å². The molecule has 0 aliphatic rings. The minimum Gasteiger partial charge on any atom is -0.334 e. The van der Waals surface area contributed by atoms with Gasteiger partial charge >= 0.3 is 0 Å². The lowest BCUT2D eigenvalue weighted by Gasteiger charge is -2.03. The number of rotatable bonds is 4. The Balaban J connectivity index is 1.86. The molecule has 0 saturated heterocycles.